The van der Waals surface area contributed by atoms with Crippen molar-refractivity contribution in [3.05, 3.63) is 0 Å². The van der Waals surface area contributed by atoms with Crippen LogP contribution in [0.25, 0.3) is 0 Å². The molecule has 3 heteroatoms. The molecule has 0 aromatic rings. The molecule has 1 N–H and O–H groups in total. The van der Waals surface area contributed by atoms with E-state index >= 15 is 0 Å². The van der Waals surface area contributed by atoms with E-state index in [1.165, 1.54) is 19.3 Å². The lowest BCUT2D eigenvalue weighted by Crippen LogP contribution is -2.40. The van der Waals surface area contributed by atoms with Crippen molar-refractivity contribution in [2.45, 2.75) is 37.6 Å². The maximum atomic E-state index is 10.8. The molecule has 0 aromatic heterocycles. The minimum atomic E-state index is 0. The Bertz CT molecular complexity index is 152. The molecule has 1 heterocycles. The van der Waals surface area contributed by atoms with Crippen LogP contribution in [0.2, 0.25) is 0 Å². The van der Waals surface area contributed by atoms with Gasteiger partial charge < -0.3 is 5.32 Å². The van der Waals surface area contributed by atoms with E-state index < -0.39 is 0 Å². The fourth-order valence-corrected chi connectivity index (χ4v) is 1.53. The zero-order valence-electron chi connectivity index (χ0n) is 5.89. The lowest BCUT2D eigenvalue weighted by Gasteiger charge is -2.21. The fraction of sp³-hybridized carbons (Fsp3) is 0.857. The van der Waals surface area contributed by atoms with Gasteiger partial charge in [0.1, 0.15) is 0 Å². The van der Waals surface area contributed by atoms with Crippen LogP contribution < -0.4 is 11.5 Å². The van der Waals surface area contributed by atoms with Gasteiger partial charge in [-0.15, -0.1) is 0 Å². The highest BCUT2D eigenvalue weighted by atomic mass is 16.1. The maximum absolute atomic E-state index is 10.8. The van der Waals surface area contributed by atoms with E-state index in [1.807, 2.05) is 0 Å². The van der Waals surface area contributed by atoms with Crippen molar-refractivity contribution < 1.29 is 4.79 Å². The van der Waals surface area contributed by atoms with Crippen molar-refractivity contribution in [1.29, 1.82) is 0 Å². The fourth-order valence-electron chi connectivity index (χ4n) is 1.53. The Morgan fingerprint density at radius 3 is 2.40 bits per heavy atom. The molecule has 2 rings (SSSR count). The molecule has 2 aliphatic rings. The predicted octanol–water partition coefficient (Wildman–Crippen LogP) is 0.338. The summed E-state index contributed by atoms with van der Waals surface area (Å²) in [4.78, 5) is 10.8. The largest absolute Gasteiger partial charge is 0.351 e. The summed E-state index contributed by atoms with van der Waals surface area (Å²) in [5.74, 6) is 0.263. The molecule has 0 unspecified atom stereocenters. The first-order chi connectivity index (χ1) is 4.31. The van der Waals surface area contributed by atoms with Gasteiger partial charge in [0.2, 0.25) is 5.91 Å². The van der Waals surface area contributed by atoms with E-state index in [0.717, 1.165) is 12.8 Å². The van der Waals surface area contributed by atoms with Gasteiger partial charge in [0.25, 0.3) is 0 Å². The molecule has 55 valence electrons. The summed E-state index contributed by atoms with van der Waals surface area (Å²) in [6, 6.07) is 0. The highest BCUT2D eigenvalue weighted by Crippen LogP contribution is 2.41. The maximum Gasteiger partial charge on any atom is 0.220 e. The molecule has 0 aromatic carbocycles. The predicted molar refractivity (Wildman–Crippen MR) is 36.1 cm³/mol. The van der Waals surface area contributed by atoms with Gasteiger partial charge >= 0.3 is 0 Å². The molecule has 1 aliphatic heterocycles. The van der Waals surface area contributed by atoms with Crippen LogP contribution in [-0.2, 0) is 4.79 Å². The molecule has 0 atom stereocenters. The Labute approximate surface area is 60.8 Å². The van der Waals surface area contributed by atoms with Gasteiger partial charge in [-0.05, 0) is 25.7 Å². The first kappa shape index (κ1) is 7.54. The summed E-state index contributed by atoms with van der Waals surface area (Å²) in [7, 11) is 0. The summed E-state index contributed by atoms with van der Waals surface area (Å²) >= 11 is 0. The number of carbonyl (C=O) groups is 1. The third-order valence-corrected chi connectivity index (χ3v) is 2.32. The number of hydrogen-bond acceptors (Lipinski definition) is 1. The van der Waals surface area contributed by atoms with Gasteiger partial charge in [-0.3, -0.25) is 4.79 Å². The van der Waals surface area contributed by atoms with Gasteiger partial charge in [0, 0.05) is 18.1 Å². The molecule has 10 heavy (non-hydrogen) atoms. The molecule has 0 bridgehead atoms. The lowest BCUT2D eigenvalue weighted by atomic mass is 10.0. The average Bonchev–Trinajstić information content (AvgIpc) is 2.49. The molecule has 1 saturated heterocycles. The van der Waals surface area contributed by atoms with Crippen molar-refractivity contribution in [3.8, 4) is 0 Å². The minimum Gasteiger partial charge on any atom is -0.351 e. The third-order valence-electron chi connectivity index (χ3n) is 2.32. The van der Waals surface area contributed by atoms with Crippen LogP contribution >= 0.6 is 0 Å². The van der Waals surface area contributed by atoms with Crippen LogP contribution in [-0.4, -0.2) is 11.4 Å². The van der Waals surface area contributed by atoms with Crippen LogP contribution in [0, 0.1) is 0 Å². The molecule has 1 aliphatic carbocycles. The first-order valence-corrected chi connectivity index (χ1v) is 3.62. The minimum absolute atomic E-state index is 0. The van der Waals surface area contributed by atoms with Gasteiger partial charge in [-0.25, -0.2) is 0 Å². The molecule has 1 spiro atoms. The highest BCUT2D eigenvalue weighted by molar-refractivity contribution is 5.78. The van der Waals surface area contributed by atoms with Gasteiger partial charge in [-0.2, -0.15) is 0 Å². The SMILES string of the molecule is O=C1CCCC2(CC2)N1.[N]. The van der Waals surface area contributed by atoms with Crippen LogP contribution in [0.15, 0.2) is 0 Å². The highest BCUT2D eigenvalue weighted by Gasteiger charge is 2.45. The number of amides is 1. The Balaban J connectivity index is 0.000000500. The monoisotopic (exact) mass is 139 g/mol. The normalized spacial score (nSPS) is 27.0. The van der Waals surface area contributed by atoms with Gasteiger partial charge in [-0.1, -0.05) is 0 Å². The van der Waals surface area contributed by atoms with Crippen molar-refractivity contribution >= 4 is 5.91 Å². The van der Waals surface area contributed by atoms with E-state index in [9.17, 15) is 4.79 Å². The van der Waals surface area contributed by atoms with Crippen LogP contribution in [0.4, 0.5) is 0 Å². The standard InChI is InChI=1S/C7H11NO.N/c9-6-2-1-3-7(8-6)4-5-7;/h1-5H2,(H,8,9);. The van der Waals surface area contributed by atoms with E-state index in [2.05, 4.69) is 5.32 Å². The number of nitrogens with one attached hydrogen (secondary N) is 1. The second-order valence-corrected chi connectivity index (χ2v) is 3.18. The topological polar surface area (TPSA) is 59.6 Å². The van der Waals surface area contributed by atoms with Gasteiger partial charge in [0.05, 0.1) is 0 Å². The number of nitrogens with zero attached hydrogens (tertiary/aromatic N) is 1. The zero-order chi connectivity index (χ0) is 6.32. The molecular weight excluding hydrogens is 128 g/mol. The summed E-state index contributed by atoms with van der Waals surface area (Å²) in [5.41, 5.74) is 0.301. The Kier molecular flexibility index (Phi) is 1.68. The summed E-state index contributed by atoms with van der Waals surface area (Å²) in [6.45, 7) is 0. The molecular formula is C7H11N2O. The quantitative estimate of drug-likeness (QED) is 0.516. The number of carbonyl (C=O) groups excluding carboxylic acids is 1. The van der Waals surface area contributed by atoms with Crippen molar-refractivity contribution in [3.63, 3.8) is 0 Å². The van der Waals surface area contributed by atoms with E-state index in [0.29, 0.717) is 5.54 Å². The van der Waals surface area contributed by atoms with Crippen molar-refractivity contribution in [1.82, 2.24) is 11.5 Å². The Morgan fingerprint density at radius 2 is 2.00 bits per heavy atom. The number of hydrogen-bond donors (Lipinski definition) is 1. The smallest absolute Gasteiger partial charge is 0.220 e. The molecule has 3 radical (unpaired) electrons. The lowest BCUT2D eigenvalue weighted by molar-refractivity contribution is -0.123. The average molecular weight is 139 g/mol. The van der Waals surface area contributed by atoms with Crippen LogP contribution in [0.1, 0.15) is 32.1 Å². The van der Waals surface area contributed by atoms with Crippen LogP contribution in [0.3, 0.4) is 0 Å². The summed E-state index contributed by atoms with van der Waals surface area (Å²) in [5, 5.41) is 3.03. The number of piperidine rings is 1. The molecule has 2 fully saturated rings. The Morgan fingerprint density at radius 1 is 1.30 bits per heavy atom. The van der Waals surface area contributed by atoms with Gasteiger partial charge in [0.15, 0.2) is 0 Å². The summed E-state index contributed by atoms with van der Waals surface area (Å²) < 4.78 is 0. The molecule has 1 amide bonds. The first-order valence-electron chi connectivity index (χ1n) is 3.62. The van der Waals surface area contributed by atoms with Crippen molar-refractivity contribution in [2.24, 2.45) is 0 Å². The molecule has 3 nitrogen and oxygen atoms in total. The zero-order valence-corrected chi connectivity index (χ0v) is 5.89. The number of rotatable bonds is 0. The summed E-state index contributed by atoms with van der Waals surface area (Å²) in [6.07, 6.45) is 5.52. The van der Waals surface area contributed by atoms with E-state index in [-0.39, 0.29) is 12.1 Å². The second-order valence-electron chi connectivity index (χ2n) is 3.18. The third kappa shape index (κ3) is 1.14. The van der Waals surface area contributed by atoms with Crippen LogP contribution in [0.5, 0.6) is 0 Å². The van der Waals surface area contributed by atoms with Crippen molar-refractivity contribution in [2.75, 3.05) is 0 Å². The Hall–Kier alpha value is -0.570. The molecule has 1 saturated carbocycles. The second kappa shape index (κ2) is 2.23. The van der Waals surface area contributed by atoms with E-state index in [4.69, 9.17) is 0 Å². The van der Waals surface area contributed by atoms with E-state index in [1.54, 1.807) is 0 Å².